The largest absolute Gasteiger partial charge is 0.489 e. The zero-order valence-corrected chi connectivity index (χ0v) is 15.5. The molecule has 5 nitrogen and oxygen atoms in total. The van der Waals surface area contributed by atoms with E-state index in [2.05, 4.69) is 0 Å². The average molecular weight is 377 g/mol. The molecule has 0 spiro atoms. The SMILES string of the molecule is O=C(O)C1CCCN1C(c1ccco1)c1ccccc1OCc1ccccc1. The first-order valence-corrected chi connectivity index (χ1v) is 9.51. The minimum atomic E-state index is -0.795. The van der Waals surface area contributed by atoms with Crippen molar-refractivity contribution in [2.75, 3.05) is 6.54 Å². The van der Waals surface area contributed by atoms with Gasteiger partial charge in [-0.3, -0.25) is 9.69 Å². The Hall–Kier alpha value is -3.05. The second kappa shape index (κ2) is 8.31. The summed E-state index contributed by atoms with van der Waals surface area (Å²) in [5.74, 6) is 0.671. The topological polar surface area (TPSA) is 62.9 Å². The van der Waals surface area contributed by atoms with E-state index in [0.717, 1.165) is 29.1 Å². The molecule has 1 aromatic heterocycles. The van der Waals surface area contributed by atoms with Crippen molar-refractivity contribution in [3.05, 3.63) is 89.9 Å². The molecule has 2 atom stereocenters. The number of hydrogen-bond donors (Lipinski definition) is 1. The van der Waals surface area contributed by atoms with Gasteiger partial charge in [-0.1, -0.05) is 48.5 Å². The first kappa shape index (κ1) is 18.3. The zero-order valence-electron chi connectivity index (χ0n) is 15.5. The molecule has 0 radical (unpaired) electrons. The van der Waals surface area contributed by atoms with E-state index in [4.69, 9.17) is 9.15 Å². The van der Waals surface area contributed by atoms with E-state index in [1.165, 1.54) is 0 Å². The van der Waals surface area contributed by atoms with E-state index in [-0.39, 0.29) is 6.04 Å². The van der Waals surface area contributed by atoms with E-state index in [9.17, 15) is 9.90 Å². The third-order valence-corrected chi connectivity index (χ3v) is 5.17. The summed E-state index contributed by atoms with van der Waals surface area (Å²) in [4.78, 5) is 13.8. The molecular formula is C23H23NO4. The Balaban J connectivity index is 1.68. The Morgan fingerprint density at radius 2 is 1.89 bits per heavy atom. The molecule has 2 heterocycles. The number of benzene rings is 2. The summed E-state index contributed by atoms with van der Waals surface area (Å²) in [5.41, 5.74) is 2.00. The van der Waals surface area contributed by atoms with Gasteiger partial charge in [-0.2, -0.15) is 0 Å². The smallest absolute Gasteiger partial charge is 0.320 e. The van der Waals surface area contributed by atoms with Crippen LogP contribution in [-0.2, 0) is 11.4 Å². The van der Waals surface area contributed by atoms with Gasteiger partial charge >= 0.3 is 5.97 Å². The van der Waals surface area contributed by atoms with Crippen molar-refractivity contribution in [2.24, 2.45) is 0 Å². The molecule has 2 unspecified atom stereocenters. The summed E-state index contributed by atoms with van der Waals surface area (Å²) in [7, 11) is 0. The number of aliphatic carboxylic acids is 1. The fourth-order valence-corrected chi connectivity index (χ4v) is 3.88. The summed E-state index contributed by atoms with van der Waals surface area (Å²) in [6.45, 7) is 1.15. The van der Waals surface area contributed by atoms with Crippen molar-refractivity contribution < 1.29 is 19.1 Å². The molecule has 1 aliphatic heterocycles. The molecule has 0 saturated carbocycles. The lowest BCUT2D eigenvalue weighted by molar-refractivity contribution is -0.142. The van der Waals surface area contributed by atoms with E-state index < -0.39 is 12.0 Å². The average Bonchev–Trinajstić information content (AvgIpc) is 3.41. The van der Waals surface area contributed by atoms with Crippen LogP contribution in [0.25, 0.3) is 0 Å². The Morgan fingerprint density at radius 1 is 1.11 bits per heavy atom. The zero-order chi connectivity index (χ0) is 19.3. The van der Waals surface area contributed by atoms with Crippen LogP contribution < -0.4 is 4.74 Å². The minimum absolute atomic E-state index is 0.300. The third-order valence-electron chi connectivity index (χ3n) is 5.17. The highest BCUT2D eigenvalue weighted by Gasteiger charge is 2.39. The van der Waals surface area contributed by atoms with Crippen LogP contribution in [0.5, 0.6) is 5.75 Å². The quantitative estimate of drug-likeness (QED) is 0.657. The molecule has 0 bridgehead atoms. The first-order valence-electron chi connectivity index (χ1n) is 9.51. The highest BCUT2D eigenvalue weighted by molar-refractivity contribution is 5.74. The maximum atomic E-state index is 11.8. The van der Waals surface area contributed by atoms with Crippen molar-refractivity contribution in [1.29, 1.82) is 0 Å². The molecule has 5 heteroatoms. The monoisotopic (exact) mass is 377 g/mol. The van der Waals surface area contributed by atoms with E-state index in [0.29, 0.717) is 19.6 Å². The summed E-state index contributed by atoms with van der Waals surface area (Å²) >= 11 is 0. The number of hydrogen-bond acceptors (Lipinski definition) is 4. The third kappa shape index (κ3) is 3.80. The predicted molar refractivity (Wildman–Crippen MR) is 105 cm³/mol. The number of furan rings is 1. The molecule has 1 fully saturated rings. The molecule has 0 aliphatic carbocycles. The van der Waals surface area contributed by atoms with Gasteiger partial charge in [0.15, 0.2) is 0 Å². The van der Waals surface area contributed by atoms with Crippen LogP contribution in [0.3, 0.4) is 0 Å². The van der Waals surface area contributed by atoms with Gasteiger partial charge < -0.3 is 14.3 Å². The van der Waals surface area contributed by atoms with Crippen LogP contribution in [0.15, 0.2) is 77.4 Å². The molecule has 3 aromatic rings. The van der Waals surface area contributed by atoms with E-state index in [1.54, 1.807) is 6.26 Å². The number of ether oxygens (including phenoxy) is 1. The Labute approximate surface area is 164 Å². The van der Waals surface area contributed by atoms with E-state index in [1.807, 2.05) is 71.6 Å². The summed E-state index contributed by atoms with van der Waals surface area (Å²) in [6.07, 6.45) is 3.11. The molecule has 144 valence electrons. The Bertz CT molecular complexity index is 907. The Morgan fingerprint density at radius 3 is 2.64 bits per heavy atom. The molecule has 2 aromatic carbocycles. The number of rotatable bonds is 7. The lowest BCUT2D eigenvalue weighted by Crippen LogP contribution is -2.39. The van der Waals surface area contributed by atoms with Gasteiger partial charge in [0, 0.05) is 12.1 Å². The molecule has 0 amide bonds. The van der Waals surface area contributed by atoms with Crippen molar-refractivity contribution >= 4 is 5.97 Å². The van der Waals surface area contributed by atoms with Crippen LogP contribution in [0.2, 0.25) is 0 Å². The summed E-state index contributed by atoms with van der Waals surface area (Å²) in [5, 5.41) is 9.69. The van der Waals surface area contributed by atoms with Crippen LogP contribution in [-0.4, -0.2) is 28.6 Å². The number of carbonyl (C=O) groups is 1. The van der Waals surface area contributed by atoms with Crippen molar-refractivity contribution in [2.45, 2.75) is 31.5 Å². The van der Waals surface area contributed by atoms with Gasteiger partial charge in [0.2, 0.25) is 0 Å². The van der Waals surface area contributed by atoms with Gasteiger partial charge in [-0.25, -0.2) is 0 Å². The molecule has 1 saturated heterocycles. The summed E-state index contributed by atoms with van der Waals surface area (Å²) < 4.78 is 11.9. The van der Waals surface area contributed by atoms with Crippen molar-refractivity contribution in [3.63, 3.8) is 0 Å². The number of para-hydroxylation sites is 1. The van der Waals surface area contributed by atoms with Gasteiger partial charge in [-0.05, 0) is 36.6 Å². The summed E-state index contributed by atoms with van der Waals surface area (Å²) in [6, 6.07) is 20.7. The maximum Gasteiger partial charge on any atom is 0.320 e. The van der Waals surface area contributed by atoms with Gasteiger partial charge in [-0.15, -0.1) is 0 Å². The van der Waals surface area contributed by atoms with Crippen molar-refractivity contribution in [3.8, 4) is 5.75 Å². The highest BCUT2D eigenvalue weighted by atomic mass is 16.5. The molecule has 28 heavy (non-hydrogen) atoms. The fourth-order valence-electron chi connectivity index (χ4n) is 3.88. The van der Waals surface area contributed by atoms with Gasteiger partial charge in [0.25, 0.3) is 0 Å². The maximum absolute atomic E-state index is 11.8. The number of nitrogens with zero attached hydrogens (tertiary/aromatic N) is 1. The number of likely N-dealkylation sites (tertiary alicyclic amines) is 1. The first-order chi connectivity index (χ1) is 13.7. The van der Waals surface area contributed by atoms with Crippen LogP contribution in [0, 0.1) is 0 Å². The standard InChI is InChI=1S/C23H23NO4/c25-23(26)19-11-6-14-24(19)22(21-13-7-15-27-21)18-10-4-5-12-20(18)28-16-17-8-2-1-3-9-17/h1-5,7-10,12-13,15,19,22H,6,11,14,16H2,(H,25,26). The van der Waals surface area contributed by atoms with Crippen LogP contribution >= 0.6 is 0 Å². The predicted octanol–water partition coefficient (Wildman–Crippen LogP) is 4.50. The number of carboxylic acids is 1. The number of carboxylic acid groups (broad SMARTS) is 1. The molecule has 4 rings (SSSR count). The normalized spacial score (nSPS) is 18.1. The molecule has 1 aliphatic rings. The highest BCUT2D eigenvalue weighted by Crippen LogP contribution is 2.39. The van der Waals surface area contributed by atoms with Crippen LogP contribution in [0.4, 0.5) is 0 Å². The van der Waals surface area contributed by atoms with Crippen LogP contribution in [0.1, 0.15) is 35.8 Å². The van der Waals surface area contributed by atoms with Crippen molar-refractivity contribution in [1.82, 2.24) is 4.90 Å². The fraction of sp³-hybridized carbons (Fsp3) is 0.261. The van der Waals surface area contributed by atoms with Gasteiger partial charge in [0.1, 0.15) is 24.2 Å². The van der Waals surface area contributed by atoms with Gasteiger partial charge in [0.05, 0.1) is 12.3 Å². The lowest BCUT2D eigenvalue weighted by Gasteiger charge is -2.31. The minimum Gasteiger partial charge on any atom is -0.489 e. The second-order valence-corrected chi connectivity index (χ2v) is 6.96. The van der Waals surface area contributed by atoms with E-state index >= 15 is 0 Å². The Kier molecular flexibility index (Phi) is 5.44. The molecule has 1 N–H and O–H groups in total. The second-order valence-electron chi connectivity index (χ2n) is 6.96. The lowest BCUT2D eigenvalue weighted by atomic mass is 10.0. The molecular weight excluding hydrogens is 354 g/mol.